The molecule has 0 saturated carbocycles. The van der Waals surface area contributed by atoms with Crippen LogP contribution in [0, 0.1) is 0 Å². The average molecular weight is 989 g/mol. The predicted molar refractivity (Wildman–Crippen MR) is 279 cm³/mol. The molecule has 0 unspecified atom stereocenters. The lowest BCUT2D eigenvalue weighted by Gasteiger charge is -2.32. The topological polar surface area (TPSA) is 111 Å². The van der Waals surface area contributed by atoms with Crippen LogP contribution >= 0.6 is 14.5 Å². The number of para-hydroxylation sites is 6. The van der Waals surface area contributed by atoms with E-state index < -0.39 is 14.5 Å². The molecule has 0 amide bonds. The van der Waals surface area contributed by atoms with Gasteiger partial charge in [-0.25, -0.2) is 0 Å². The fourth-order valence-electron chi connectivity index (χ4n) is 8.69. The SMILES string of the molecule is COCOc1ccccc1[P+](Cc1ccc(C[P+](c2ccccc2OCOC)(c2ccccc2OCOC)c2ccccc2OCOC)cc1)(c1ccccc1OCOC)c1ccccc1OCOC. The van der Waals surface area contributed by atoms with Crippen molar-refractivity contribution < 1.29 is 56.8 Å². The summed E-state index contributed by atoms with van der Waals surface area (Å²) in [6.45, 7) is 0.328. The summed E-state index contributed by atoms with van der Waals surface area (Å²) in [4.78, 5) is 0. The van der Waals surface area contributed by atoms with Crippen molar-refractivity contribution in [1.29, 1.82) is 0 Å². The maximum Gasteiger partial charge on any atom is 0.188 e. The lowest BCUT2D eigenvalue weighted by atomic mass is 10.2. The highest BCUT2D eigenvalue weighted by Gasteiger charge is 2.54. The summed E-state index contributed by atoms with van der Waals surface area (Å²) >= 11 is 0. The zero-order chi connectivity index (χ0) is 49.0. The van der Waals surface area contributed by atoms with E-state index in [9.17, 15) is 0 Å². The monoisotopic (exact) mass is 988 g/mol. The second-order valence-corrected chi connectivity index (χ2v) is 22.6. The van der Waals surface area contributed by atoms with E-state index in [4.69, 9.17) is 56.8 Å². The van der Waals surface area contributed by atoms with E-state index in [-0.39, 0.29) is 40.8 Å². The first-order chi connectivity index (χ1) is 34.5. The number of methoxy groups -OCH3 is 6. The van der Waals surface area contributed by atoms with E-state index in [0.717, 1.165) is 43.0 Å². The second-order valence-electron chi connectivity index (χ2n) is 15.9. The van der Waals surface area contributed by atoms with Gasteiger partial charge >= 0.3 is 0 Å². The Balaban J connectivity index is 1.48. The van der Waals surface area contributed by atoms with Gasteiger partial charge in [0.1, 0.15) is 46.4 Å². The minimum absolute atomic E-state index is 0.0547. The summed E-state index contributed by atoms with van der Waals surface area (Å²) in [6.07, 6.45) is 1.10. The van der Waals surface area contributed by atoms with Gasteiger partial charge in [-0.1, -0.05) is 97.1 Å². The molecule has 0 aliphatic heterocycles. The smallest absolute Gasteiger partial charge is 0.188 e. The van der Waals surface area contributed by atoms with Crippen molar-refractivity contribution >= 4 is 46.4 Å². The lowest BCUT2D eigenvalue weighted by Crippen LogP contribution is -2.36. The van der Waals surface area contributed by atoms with E-state index in [1.807, 2.05) is 109 Å². The highest BCUT2D eigenvalue weighted by Crippen LogP contribution is 2.65. The van der Waals surface area contributed by atoms with Crippen LogP contribution in [0.1, 0.15) is 11.1 Å². The van der Waals surface area contributed by atoms with E-state index in [1.54, 1.807) is 42.7 Å². The molecule has 0 fully saturated rings. The Morgan fingerprint density at radius 2 is 0.414 bits per heavy atom. The number of hydrogen-bond donors (Lipinski definition) is 0. The van der Waals surface area contributed by atoms with Crippen molar-refractivity contribution in [2.45, 2.75) is 12.3 Å². The predicted octanol–water partition coefficient (Wildman–Crippen LogP) is 8.57. The fraction of sp³-hybridized carbons (Fsp3) is 0.250. The zero-order valence-corrected chi connectivity index (χ0v) is 42.4. The molecule has 0 bridgehead atoms. The van der Waals surface area contributed by atoms with Crippen LogP contribution in [-0.4, -0.2) is 83.4 Å². The van der Waals surface area contributed by atoms with Crippen LogP contribution in [0.3, 0.4) is 0 Å². The number of ether oxygens (including phenoxy) is 12. The van der Waals surface area contributed by atoms with Crippen LogP contribution in [0.25, 0.3) is 0 Å². The van der Waals surface area contributed by atoms with E-state index in [2.05, 4.69) is 60.7 Å². The van der Waals surface area contributed by atoms with Gasteiger partial charge in [-0.2, -0.15) is 0 Å². The highest BCUT2D eigenvalue weighted by atomic mass is 31.2. The third-order valence-corrected chi connectivity index (χ3v) is 20.3. The molecule has 14 heteroatoms. The van der Waals surface area contributed by atoms with Crippen molar-refractivity contribution in [1.82, 2.24) is 0 Å². The van der Waals surface area contributed by atoms with Gasteiger partial charge in [0.15, 0.2) is 75.3 Å². The normalized spacial score (nSPS) is 11.5. The maximum atomic E-state index is 6.44. The third-order valence-electron chi connectivity index (χ3n) is 11.5. The van der Waals surface area contributed by atoms with Gasteiger partial charge in [0.2, 0.25) is 0 Å². The standard InChI is InChI=1S/C56H62O12P2/c1-57-37-63-45-19-7-13-25-51(45)69(52-26-14-8-20-46(52)64-38-58-2,53-27-15-9-21-47(53)65-39-59-3)35-43-31-33-44(34-32-43)36-70(54-28-16-10-22-48(54)66-40-60-4,55-29-17-11-23-49(55)67-41-61-5)56-30-18-12-24-50(56)68-42-62-6/h7-34H,35-42H2,1-6H3/q+2. The average Bonchev–Trinajstić information content (AvgIpc) is 3.41. The van der Waals surface area contributed by atoms with Gasteiger partial charge < -0.3 is 56.8 Å². The van der Waals surface area contributed by atoms with Gasteiger partial charge in [-0.3, -0.25) is 0 Å². The highest BCUT2D eigenvalue weighted by molar-refractivity contribution is 7.96. The molecule has 7 aromatic rings. The summed E-state index contributed by atoms with van der Waals surface area (Å²) in [6, 6.07) is 57.8. The van der Waals surface area contributed by atoms with Gasteiger partial charge in [0.25, 0.3) is 0 Å². The Kier molecular flexibility index (Phi) is 19.4. The van der Waals surface area contributed by atoms with Crippen molar-refractivity contribution in [3.05, 3.63) is 181 Å². The van der Waals surface area contributed by atoms with E-state index >= 15 is 0 Å². The van der Waals surface area contributed by atoms with E-state index in [1.165, 1.54) is 0 Å². The molecule has 70 heavy (non-hydrogen) atoms. The van der Waals surface area contributed by atoms with Crippen molar-refractivity contribution in [3.8, 4) is 34.5 Å². The molecule has 0 saturated heterocycles. The van der Waals surface area contributed by atoms with Crippen LogP contribution in [0.15, 0.2) is 170 Å². The third kappa shape index (κ3) is 11.8. The van der Waals surface area contributed by atoms with Gasteiger partial charge in [-0.15, -0.1) is 0 Å². The van der Waals surface area contributed by atoms with Crippen LogP contribution in [0.5, 0.6) is 34.5 Å². The summed E-state index contributed by atoms with van der Waals surface area (Å²) < 4.78 is 71.6. The molecule has 0 spiro atoms. The van der Waals surface area contributed by atoms with Crippen LogP contribution in [0.2, 0.25) is 0 Å². The largest absolute Gasteiger partial charge is 0.463 e. The summed E-state index contributed by atoms with van der Waals surface area (Å²) in [7, 11) is 3.95. The molecule has 0 heterocycles. The number of rotatable bonds is 28. The molecule has 0 aromatic heterocycles. The van der Waals surface area contributed by atoms with Gasteiger partial charge in [0.05, 0.1) is 12.3 Å². The van der Waals surface area contributed by atoms with Gasteiger partial charge in [-0.05, 0) is 83.9 Å². The lowest BCUT2D eigenvalue weighted by molar-refractivity contribution is 0.0513. The summed E-state index contributed by atoms with van der Waals surface area (Å²) in [5.74, 6) is 4.11. The summed E-state index contributed by atoms with van der Waals surface area (Å²) in [5, 5.41) is 5.89. The zero-order valence-electron chi connectivity index (χ0n) is 40.6. The van der Waals surface area contributed by atoms with Crippen molar-refractivity contribution in [3.63, 3.8) is 0 Å². The molecule has 0 aliphatic carbocycles. The molecule has 0 radical (unpaired) electrons. The molecular formula is C56H62O12P2+2. The molecule has 7 rings (SSSR count). The van der Waals surface area contributed by atoms with Gasteiger partial charge in [0, 0.05) is 42.7 Å². The van der Waals surface area contributed by atoms with Crippen molar-refractivity contribution in [2.75, 3.05) is 83.4 Å². The Morgan fingerprint density at radius 1 is 0.243 bits per heavy atom. The molecule has 0 atom stereocenters. The molecule has 366 valence electrons. The first kappa shape index (κ1) is 51.8. The molecule has 12 nitrogen and oxygen atoms in total. The number of hydrogen-bond acceptors (Lipinski definition) is 12. The Morgan fingerprint density at radius 3 is 0.586 bits per heavy atom. The first-order valence-electron chi connectivity index (χ1n) is 22.6. The molecule has 0 N–H and O–H groups in total. The van der Waals surface area contributed by atoms with Crippen LogP contribution < -0.4 is 60.2 Å². The Bertz CT molecular complexity index is 2260. The minimum Gasteiger partial charge on any atom is -0.463 e. The minimum atomic E-state index is -2.88. The molecule has 7 aromatic carbocycles. The fourth-order valence-corrected chi connectivity index (χ4v) is 17.9. The maximum absolute atomic E-state index is 6.44. The Hall–Kier alpha value is -6.04. The van der Waals surface area contributed by atoms with E-state index in [0.29, 0.717) is 46.8 Å². The number of benzene rings is 7. The summed E-state index contributed by atoms with van der Waals surface area (Å²) in [5.41, 5.74) is 2.14. The molecule has 0 aliphatic rings. The van der Waals surface area contributed by atoms with Crippen molar-refractivity contribution in [2.24, 2.45) is 0 Å². The van der Waals surface area contributed by atoms with Crippen LogP contribution in [0.4, 0.5) is 0 Å². The quantitative estimate of drug-likeness (QED) is 0.0347. The second kappa shape index (κ2) is 26.2. The molecular weight excluding hydrogens is 927 g/mol. The van der Waals surface area contributed by atoms with Crippen LogP contribution in [-0.2, 0) is 40.7 Å². The Labute approximate surface area is 412 Å². The first-order valence-corrected chi connectivity index (χ1v) is 26.6.